The summed E-state index contributed by atoms with van der Waals surface area (Å²) in [6.45, 7) is 11.9. The highest BCUT2D eigenvalue weighted by Gasteiger charge is 2.23. The van der Waals surface area contributed by atoms with Crippen molar-refractivity contribution in [3.05, 3.63) is 87.4 Å². The molecule has 0 radical (unpaired) electrons. The number of piperazine rings is 1. The van der Waals surface area contributed by atoms with Crippen LogP contribution < -0.4 is 14.4 Å². The number of anilines is 1. The molecule has 5 nitrogen and oxygen atoms in total. The second-order valence-corrected chi connectivity index (χ2v) is 9.44. The van der Waals surface area contributed by atoms with Gasteiger partial charge in [0.05, 0.1) is 6.61 Å². The molecule has 4 rings (SSSR count). The molecule has 35 heavy (non-hydrogen) atoms. The largest absolute Gasteiger partial charge is 0.493 e. The Labute approximate surface area is 213 Å². The van der Waals surface area contributed by atoms with Gasteiger partial charge >= 0.3 is 0 Å². The average Bonchev–Trinajstić information content (AvgIpc) is 2.86. The second kappa shape index (κ2) is 11.0. The number of carbonyl (C=O) groups is 1. The predicted octanol–water partition coefficient (Wildman–Crippen LogP) is 6.21. The van der Waals surface area contributed by atoms with E-state index in [0.29, 0.717) is 31.9 Å². The van der Waals surface area contributed by atoms with E-state index in [1.54, 1.807) is 0 Å². The van der Waals surface area contributed by atoms with Crippen molar-refractivity contribution in [2.24, 2.45) is 0 Å². The van der Waals surface area contributed by atoms with E-state index >= 15 is 0 Å². The molecule has 1 heterocycles. The quantitative estimate of drug-likeness (QED) is 0.393. The molecular formula is C29H33ClN2O3. The van der Waals surface area contributed by atoms with Crippen LogP contribution >= 0.6 is 11.6 Å². The van der Waals surface area contributed by atoms with Crippen LogP contribution in [0.5, 0.6) is 11.5 Å². The maximum Gasteiger partial charge on any atom is 0.253 e. The van der Waals surface area contributed by atoms with Crippen molar-refractivity contribution in [1.29, 1.82) is 0 Å². The lowest BCUT2D eigenvalue weighted by Gasteiger charge is -2.36. The number of hydrogen-bond acceptors (Lipinski definition) is 4. The fourth-order valence-corrected chi connectivity index (χ4v) is 4.64. The van der Waals surface area contributed by atoms with Crippen molar-refractivity contribution in [1.82, 2.24) is 4.90 Å². The summed E-state index contributed by atoms with van der Waals surface area (Å²) in [6.07, 6.45) is 0. The minimum absolute atomic E-state index is 0.0302. The molecule has 1 fully saturated rings. The van der Waals surface area contributed by atoms with E-state index in [2.05, 4.69) is 43.9 Å². The molecule has 0 saturated carbocycles. The average molecular weight is 493 g/mol. The standard InChI is InChI=1S/C29H33ClN2O3/c1-5-34-27-10-9-23(17-24(27)19-35-28-16-20(2)15-21(3)22(28)4)29(33)32-13-11-31(12-14-32)26-8-6-7-25(30)18-26/h6-10,15-18H,5,11-14,19H2,1-4H3. The third kappa shape index (κ3) is 5.91. The summed E-state index contributed by atoms with van der Waals surface area (Å²) >= 11 is 6.15. The van der Waals surface area contributed by atoms with Gasteiger partial charge in [0.1, 0.15) is 18.1 Å². The third-order valence-corrected chi connectivity index (χ3v) is 6.73. The van der Waals surface area contributed by atoms with Gasteiger partial charge in [-0.15, -0.1) is 0 Å². The molecule has 3 aromatic carbocycles. The molecule has 0 aliphatic carbocycles. The van der Waals surface area contributed by atoms with Crippen LogP contribution in [-0.2, 0) is 6.61 Å². The summed E-state index contributed by atoms with van der Waals surface area (Å²) in [6, 6.07) is 17.7. The van der Waals surface area contributed by atoms with Gasteiger partial charge in [0.15, 0.2) is 0 Å². The molecule has 0 spiro atoms. The van der Waals surface area contributed by atoms with Crippen molar-refractivity contribution >= 4 is 23.2 Å². The van der Waals surface area contributed by atoms with Crippen molar-refractivity contribution in [2.45, 2.75) is 34.3 Å². The summed E-state index contributed by atoms with van der Waals surface area (Å²) in [5.41, 5.74) is 6.10. The van der Waals surface area contributed by atoms with E-state index < -0.39 is 0 Å². The van der Waals surface area contributed by atoms with Gasteiger partial charge in [-0.3, -0.25) is 4.79 Å². The summed E-state index contributed by atoms with van der Waals surface area (Å²) in [5, 5.41) is 0.723. The minimum Gasteiger partial charge on any atom is -0.493 e. The van der Waals surface area contributed by atoms with Crippen molar-refractivity contribution in [3.63, 3.8) is 0 Å². The lowest BCUT2D eigenvalue weighted by Crippen LogP contribution is -2.48. The lowest BCUT2D eigenvalue weighted by molar-refractivity contribution is 0.0746. The number of carbonyl (C=O) groups excluding carboxylic acids is 1. The zero-order chi connectivity index (χ0) is 24.9. The van der Waals surface area contributed by atoms with E-state index in [1.165, 1.54) is 5.56 Å². The number of aryl methyl sites for hydroxylation is 2. The molecule has 0 bridgehead atoms. The molecule has 184 valence electrons. The number of rotatable bonds is 7. The molecular weight excluding hydrogens is 460 g/mol. The third-order valence-electron chi connectivity index (χ3n) is 6.49. The SMILES string of the molecule is CCOc1ccc(C(=O)N2CCN(c3cccc(Cl)c3)CC2)cc1COc1cc(C)cc(C)c1C. The molecule has 0 aromatic heterocycles. The van der Waals surface area contributed by atoms with E-state index in [9.17, 15) is 4.79 Å². The van der Waals surface area contributed by atoms with E-state index in [-0.39, 0.29) is 5.91 Å². The van der Waals surface area contributed by atoms with E-state index in [4.69, 9.17) is 21.1 Å². The molecule has 3 aromatic rings. The Hall–Kier alpha value is -3.18. The fraction of sp³-hybridized carbons (Fsp3) is 0.345. The number of ether oxygens (including phenoxy) is 2. The zero-order valence-corrected chi connectivity index (χ0v) is 21.7. The van der Waals surface area contributed by atoms with Gasteiger partial charge in [0.2, 0.25) is 0 Å². The predicted molar refractivity (Wildman–Crippen MR) is 142 cm³/mol. The maximum absolute atomic E-state index is 13.3. The van der Waals surface area contributed by atoms with Gasteiger partial charge in [-0.05, 0) is 86.8 Å². The molecule has 0 unspecified atom stereocenters. The first-order chi connectivity index (χ1) is 16.9. The Morgan fingerprint density at radius 2 is 1.69 bits per heavy atom. The molecule has 1 aliphatic rings. The normalized spacial score (nSPS) is 13.6. The molecule has 0 atom stereocenters. The van der Waals surface area contributed by atoms with Crippen LogP contribution in [0.3, 0.4) is 0 Å². The fourth-order valence-electron chi connectivity index (χ4n) is 4.45. The molecule has 0 N–H and O–H groups in total. The van der Waals surface area contributed by atoms with Crippen LogP contribution in [0.25, 0.3) is 0 Å². The first-order valence-electron chi connectivity index (χ1n) is 12.1. The summed E-state index contributed by atoms with van der Waals surface area (Å²) in [5.74, 6) is 1.64. The van der Waals surface area contributed by atoms with Crippen LogP contribution in [0.2, 0.25) is 5.02 Å². The van der Waals surface area contributed by atoms with Crippen LogP contribution in [0.15, 0.2) is 54.6 Å². The molecule has 6 heteroatoms. The highest BCUT2D eigenvalue weighted by molar-refractivity contribution is 6.30. The van der Waals surface area contributed by atoms with Crippen molar-refractivity contribution in [2.75, 3.05) is 37.7 Å². The lowest BCUT2D eigenvalue weighted by atomic mass is 10.1. The summed E-state index contributed by atoms with van der Waals surface area (Å²) in [7, 11) is 0. The molecule has 1 saturated heterocycles. The molecule has 1 aliphatic heterocycles. The van der Waals surface area contributed by atoms with Crippen LogP contribution in [0.1, 0.15) is 39.5 Å². The number of halogens is 1. The number of nitrogens with zero attached hydrogens (tertiary/aromatic N) is 2. The van der Waals surface area contributed by atoms with Gasteiger partial charge < -0.3 is 19.3 Å². The summed E-state index contributed by atoms with van der Waals surface area (Å²) < 4.78 is 12.0. The first kappa shape index (κ1) is 24.9. The smallest absolute Gasteiger partial charge is 0.253 e. The monoisotopic (exact) mass is 492 g/mol. The maximum atomic E-state index is 13.3. The highest BCUT2D eigenvalue weighted by atomic mass is 35.5. The Kier molecular flexibility index (Phi) is 7.86. The topological polar surface area (TPSA) is 42.0 Å². The van der Waals surface area contributed by atoms with Gasteiger partial charge in [-0.25, -0.2) is 0 Å². The number of hydrogen-bond donors (Lipinski definition) is 0. The van der Waals surface area contributed by atoms with Crippen LogP contribution in [-0.4, -0.2) is 43.6 Å². The number of benzene rings is 3. The van der Waals surface area contributed by atoms with Crippen LogP contribution in [0.4, 0.5) is 5.69 Å². The molecule has 1 amide bonds. The highest BCUT2D eigenvalue weighted by Crippen LogP contribution is 2.28. The van der Waals surface area contributed by atoms with E-state index in [0.717, 1.165) is 52.0 Å². The zero-order valence-electron chi connectivity index (χ0n) is 20.9. The second-order valence-electron chi connectivity index (χ2n) is 9.01. The van der Waals surface area contributed by atoms with E-state index in [1.807, 2.05) is 48.2 Å². The van der Waals surface area contributed by atoms with Gasteiger partial charge in [-0.2, -0.15) is 0 Å². The van der Waals surface area contributed by atoms with Crippen molar-refractivity contribution in [3.8, 4) is 11.5 Å². The Balaban J connectivity index is 1.47. The first-order valence-corrected chi connectivity index (χ1v) is 12.5. The summed E-state index contributed by atoms with van der Waals surface area (Å²) in [4.78, 5) is 17.5. The number of amides is 1. The van der Waals surface area contributed by atoms with Gasteiger partial charge in [0.25, 0.3) is 5.91 Å². The van der Waals surface area contributed by atoms with Crippen molar-refractivity contribution < 1.29 is 14.3 Å². The Bertz CT molecular complexity index is 1200. The Morgan fingerprint density at radius 1 is 0.914 bits per heavy atom. The van der Waals surface area contributed by atoms with Gasteiger partial charge in [0, 0.05) is 48.0 Å². The van der Waals surface area contributed by atoms with Crippen LogP contribution in [0, 0.1) is 20.8 Å². The Morgan fingerprint density at radius 3 is 2.40 bits per heavy atom. The van der Waals surface area contributed by atoms with Gasteiger partial charge in [-0.1, -0.05) is 23.7 Å². The minimum atomic E-state index is 0.0302.